The third-order valence-corrected chi connectivity index (χ3v) is 4.81. The van der Waals surface area contributed by atoms with E-state index in [1.165, 1.54) is 24.1 Å². The number of morpholine rings is 1. The fourth-order valence-electron chi connectivity index (χ4n) is 3.57. The number of nitrogens with one attached hydrogen (secondary N) is 1. The predicted molar refractivity (Wildman–Crippen MR) is 90.1 cm³/mol. The highest BCUT2D eigenvalue weighted by Gasteiger charge is 2.29. The van der Waals surface area contributed by atoms with Gasteiger partial charge in [0.15, 0.2) is 5.82 Å². The van der Waals surface area contributed by atoms with Gasteiger partial charge < -0.3 is 9.64 Å². The van der Waals surface area contributed by atoms with Crippen molar-refractivity contribution < 1.29 is 4.74 Å². The van der Waals surface area contributed by atoms with Gasteiger partial charge in [0.25, 0.3) is 0 Å². The Morgan fingerprint density at radius 1 is 1.21 bits per heavy atom. The van der Waals surface area contributed by atoms with Crippen LogP contribution in [0.3, 0.4) is 0 Å². The van der Waals surface area contributed by atoms with Gasteiger partial charge in [0, 0.05) is 24.2 Å². The van der Waals surface area contributed by atoms with Crippen LogP contribution in [0, 0.1) is 6.92 Å². The topological polar surface area (TPSA) is 79.8 Å². The molecule has 1 unspecified atom stereocenters. The van der Waals surface area contributed by atoms with Crippen molar-refractivity contribution in [1.82, 2.24) is 25.1 Å². The standard InChI is InChI=1S/C17H24N6O/c1-3-15-20-16(22-21-15)14-10-23(8-9-24-14)17-12-6-4-5-7-13(12)18-11(2)19-17/h14H,3-10H2,1-2H3,(H,20,21,22). The first kappa shape index (κ1) is 15.5. The number of fused-ring (bicyclic) bond motifs is 1. The number of H-pyrrole nitrogens is 1. The molecular formula is C17H24N6O. The Hall–Kier alpha value is -2.02. The van der Waals surface area contributed by atoms with Crippen LogP contribution in [-0.2, 0) is 24.0 Å². The summed E-state index contributed by atoms with van der Waals surface area (Å²) >= 11 is 0. The first-order valence-electron chi connectivity index (χ1n) is 8.88. The fourth-order valence-corrected chi connectivity index (χ4v) is 3.57. The van der Waals surface area contributed by atoms with Gasteiger partial charge in [0.1, 0.15) is 23.6 Å². The second kappa shape index (κ2) is 6.47. The molecule has 2 aromatic heterocycles. The molecule has 24 heavy (non-hydrogen) atoms. The van der Waals surface area contributed by atoms with Crippen molar-refractivity contribution in [1.29, 1.82) is 0 Å². The molecule has 2 aliphatic rings. The smallest absolute Gasteiger partial charge is 0.181 e. The summed E-state index contributed by atoms with van der Waals surface area (Å²) in [5, 5.41) is 7.30. The molecule has 0 amide bonds. The summed E-state index contributed by atoms with van der Waals surface area (Å²) in [5.74, 6) is 3.61. The fraction of sp³-hybridized carbons (Fsp3) is 0.647. The van der Waals surface area contributed by atoms with Crippen LogP contribution >= 0.6 is 0 Å². The number of aryl methyl sites for hydroxylation is 3. The molecule has 128 valence electrons. The van der Waals surface area contributed by atoms with E-state index in [1.54, 1.807) is 0 Å². The summed E-state index contributed by atoms with van der Waals surface area (Å²) < 4.78 is 5.92. The Morgan fingerprint density at radius 2 is 2.08 bits per heavy atom. The molecule has 1 atom stereocenters. The third-order valence-electron chi connectivity index (χ3n) is 4.81. The Labute approximate surface area is 141 Å². The molecule has 4 rings (SSSR count). The van der Waals surface area contributed by atoms with E-state index in [1.807, 2.05) is 6.92 Å². The summed E-state index contributed by atoms with van der Waals surface area (Å²) in [6.45, 7) is 6.31. The van der Waals surface area contributed by atoms with E-state index < -0.39 is 0 Å². The molecule has 1 aliphatic heterocycles. The molecule has 1 fully saturated rings. The zero-order valence-corrected chi connectivity index (χ0v) is 14.4. The lowest BCUT2D eigenvalue weighted by Gasteiger charge is -2.34. The van der Waals surface area contributed by atoms with Crippen molar-refractivity contribution in [2.75, 3.05) is 24.6 Å². The molecule has 7 nitrogen and oxygen atoms in total. The van der Waals surface area contributed by atoms with Crippen molar-refractivity contribution in [3.05, 3.63) is 28.7 Å². The van der Waals surface area contributed by atoms with E-state index in [-0.39, 0.29) is 6.10 Å². The number of hydrogen-bond acceptors (Lipinski definition) is 6. The van der Waals surface area contributed by atoms with E-state index in [0.717, 1.165) is 55.6 Å². The van der Waals surface area contributed by atoms with Crippen molar-refractivity contribution >= 4 is 5.82 Å². The maximum absolute atomic E-state index is 5.92. The average molecular weight is 328 g/mol. The highest BCUT2D eigenvalue weighted by molar-refractivity contribution is 5.51. The summed E-state index contributed by atoms with van der Waals surface area (Å²) in [4.78, 5) is 16.3. The Kier molecular flexibility index (Phi) is 4.18. The molecule has 1 N–H and O–H groups in total. The predicted octanol–water partition coefficient (Wildman–Crippen LogP) is 1.92. The molecule has 2 aromatic rings. The van der Waals surface area contributed by atoms with Crippen LogP contribution in [0.5, 0.6) is 0 Å². The van der Waals surface area contributed by atoms with Gasteiger partial charge in [-0.25, -0.2) is 15.0 Å². The van der Waals surface area contributed by atoms with Gasteiger partial charge in [-0.05, 0) is 32.6 Å². The normalized spacial score (nSPS) is 20.9. The van der Waals surface area contributed by atoms with Crippen LogP contribution < -0.4 is 4.90 Å². The average Bonchev–Trinajstić information content (AvgIpc) is 3.10. The van der Waals surface area contributed by atoms with E-state index in [9.17, 15) is 0 Å². The van der Waals surface area contributed by atoms with Crippen molar-refractivity contribution in [2.45, 2.75) is 52.1 Å². The maximum atomic E-state index is 5.92. The molecule has 1 saturated heterocycles. The van der Waals surface area contributed by atoms with Gasteiger partial charge in [-0.2, -0.15) is 5.10 Å². The minimum absolute atomic E-state index is 0.107. The molecule has 0 spiro atoms. The van der Waals surface area contributed by atoms with Gasteiger partial charge in [0.05, 0.1) is 13.2 Å². The number of rotatable bonds is 3. The van der Waals surface area contributed by atoms with Crippen LogP contribution in [-0.4, -0.2) is 44.8 Å². The van der Waals surface area contributed by atoms with Gasteiger partial charge in [-0.15, -0.1) is 0 Å². The Morgan fingerprint density at radius 3 is 2.92 bits per heavy atom. The molecule has 1 aliphatic carbocycles. The largest absolute Gasteiger partial charge is 0.366 e. The van der Waals surface area contributed by atoms with Crippen LogP contribution in [0.1, 0.15) is 54.6 Å². The highest BCUT2D eigenvalue weighted by atomic mass is 16.5. The van der Waals surface area contributed by atoms with E-state index in [0.29, 0.717) is 6.61 Å². The Bertz CT molecular complexity index is 728. The van der Waals surface area contributed by atoms with Crippen LogP contribution in [0.4, 0.5) is 5.82 Å². The van der Waals surface area contributed by atoms with Gasteiger partial charge in [-0.3, -0.25) is 5.10 Å². The van der Waals surface area contributed by atoms with Crippen LogP contribution in [0.15, 0.2) is 0 Å². The SMILES string of the molecule is CCc1nc(C2CN(c3nc(C)nc4c3CCCC4)CCO2)n[nH]1. The molecule has 0 saturated carbocycles. The second-order valence-electron chi connectivity index (χ2n) is 6.53. The van der Waals surface area contributed by atoms with Gasteiger partial charge in [0.2, 0.25) is 0 Å². The summed E-state index contributed by atoms with van der Waals surface area (Å²) in [6.07, 6.45) is 5.34. The molecule has 7 heteroatoms. The lowest BCUT2D eigenvalue weighted by atomic mass is 9.96. The molecule has 0 radical (unpaired) electrons. The highest BCUT2D eigenvalue weighted by Crippen LogP contribution is 2.31. The first-order chi connectivity index (χ1) is 11.7. The summed E-state index contributed by atoms with van der Waals surface area (Å²) in [5.41, 5.74) is 2.56. The van der Waals surface area contributed by atoms with Gasteiger partial charge in [-0.1, -0.05) is 6.92 Å². The molecule has 3 heterocycles. The van der Waals surface area contributed by atoms with E-state index >= 15 is 0 Å². The first-order valence-corrected chi connectivity index (χ1v) is 8.88. The van der Waals surface area contributed by atoms with Crippen LogP contribution in [0.2, 0.25) is 0 Å². The monoisotopic (exact) mass is 328 g/mol. The quantitative estimate of drug-likeness (QED) is 0.927. The number of ether oxygens (including phenoxy) is 1. The van der Waals surface area contributed by atoms with E-state index in [2.05, 4.69) is 32.0 Å². The molecular weight excluding hydrogens is 304 g/mol. The third kappa shape index (κ3) is 2.88. The number of anilines is 1. The van der Waals surface area contributed by atoms with Crippen molar-refractivity contribution in [3.63, 3.8) is 0 Å². The second-order valence-corrected chi connectivity index (χ2v) is 6.53. The molecule has 0 aromatic carbocycles. The zero-order chi connectivity index (χ0) is 16.5. The minimum atomic E-state index is -0.107. The number of nitrogens with zero attached hydrogens (tertiary/aromatic N) is 5. The van der Waals surface area contributed by atoms with E-state index in [4.69, 9.17) is 9.72 Å². The van der Waals surface area contributed by atoms with Gasteiger partial charge >= 0.3 is 0 Å². The van der Waals surface area contributed by atoms with Crippen molar-refractivity contribution in [3.8, 4) is 0 Å². The Balaban J connectivity index is 1.61. The maximum Gasteiger partial charge on any atom is 0.181 e. The zero-order valence-electron chi connectivity index (χ0n) is 14.4. The van der Waals surface area contributed by atoms with Crippen molar-refractivity contribution in [2.24, 2.45) is 0 Å². The summed E-state index contributed by atoms with van der Waals surface area (Å²) in [7, 11) is 0. The molecule has 0 bridgehead atoms. The summed E-state index contributed by atoms with van der Waals surface area (Å²) in [6, 6.07) is 0. The lowest BCUT2D eigenvalue weighted by molar-refractivity contribution is 0.0338. The van der Waals surface area contributed by atoms with Crippen LogP contribution in [0.25, 0.3) is 0 Å². The lowest BCUT2D eigenvalue weighted by Crippen LogP contribution is -2.40. The number of hydrogen-bond donors (Lipinski definition) is 1. The number of aromatic amines is 1. The minimum Gasteiger partial charge on any atom is -0.366 e. The number of aromatic nitrogens is 5.